The van der Waals surface area contributed by atoms with Crippen LogP contribution in [0.3, 0.4) is 0 Å². The van der Waals surface area contributed by atoms with E-state index in [1.165, 1.54) is 12.8 Å². The normalized spacial score (nSPS) is 12.9. The summed E-state index contributed by atoms with van der Waals surface area (Å²) in [4.78, 5) is 10.2. The standard InChI is InChI=1S/C9H17O2/c1-3-4-5-6-8(2)7-9(10)11/h8H,2-7H2,1H3,(H,10,11). The van der Waals surface area contributed by atoms with Crippen LogP contribution in [0.15, 0.2) is 0 Å². The molecule has 0 spiro atoms. The Morgan fingerprint density at radius 3 is 2.64 bits per heavy atom. The molecule has 0 aliphatic rings. The highest BCUT2D eigenvalue weighted by Crippen LogP contribution is 2.11. The summed E-state index contributed by atoms with van der Waals surface area (Å²) >= 11 is 0. The van der Waals surface area contributed by atoms with Gasteiger partial charge in [-0.15, -0.1) is 0 Å². The molecule has 0 bridgehead atoms. The van der Waals surface area contributed by atoms with Crippen LogP contribution < -0.4 is 0 Å². The molecule has 0 aromatic heterocycles. The Bertz CT molecular complexity index is 110. The van der Waals surface area contributed by atoms with Crippen molar-refractivity contribution in [3.63, 3.8) is 0 Å². The number of carbonyl (C=O) groups is 1. The molecule has 0 heterocycles. The van der Waals surface area contributed by atoms with Crippen LogP contribution in [-0.4, -0.2) is 11.1 Å². The summed E-state index contributed by atoms with van der Waals surface area (Å²) in [6, 6.07) is 0. The predicted octanol–water partition coefficient (Wildman–Crippen LogP) is 2.49. The minimum atomic E-state index is -0.735. The Balaban J connectivity index is 3.22. The largest absolute Gasteiger partial charge is 0.481 e. The number of unbranched alkanes of at least 4 members (excludes halogenated alkanes) is 2. The van der Waals surface area contributed by atoms with E-state index < -0.39 is 5.97 Å². The highest BCUT2D eigenvalue weighted by molar-refractivity contribution is 5.67. The molecule has 0 aliphatic heterocycles. The summed E-state index contributed by atoms with van der Waals surface area (Å²) in [6.45, 7) is 5.90. The van der Waals surface area contributed by atoms with E-state index in [-0.39, 0.29) is 12.3 Å². The minimum absolute atomic E-state index is 0.0963. The third-order valence-electron chi connectivity index (χ3n) is 1.68. The molecule has 0 aromatic rings. The molecule has 1 N–H and O–H groups in total. The highest BCUT2D eigenvalue weighted by Gasteiger charge is 2.06. The van der Waals surface area contributed by atoms with Crippen LogP contribution in [0.2, 0.25) is 0 Å². The van der Waals surface area contributed by atoms with Crippen LogP contribution in [0.25, 0.3) is 0 Å². The van der Waals surface area contributed by atoms with Crippen molar-refractivity contribution in [1.82, 2.24) is 0 Å². The quantitative estimate of drug-likeness (QED) is 0.601. The van der Waals surface area contributed by atoms with E-state index in [1.54, 1.807) is 0 Å². The van der Waals surface area contributed by atoms with Crippen molar-refractivity contribution in [2.45, 2.75) is 39.0 Å². The second-order valence-corrected chi connectivity index (χ2v) is 2.96. The van der Waals surface area contributed by atoms with Crippen molar-refractivity contribution in [1.29, 1.82) is 0 Å². The molecule has 0 rings (SSSR count). The minimum Gasteiger partial charge on any atom is -0.481 e. The molecule has 11 heavy (non-hydrogen) atoms. The lowest BCUT2D eigenvalue weighted by atomic mass is 10.0. The average molecular weight is 157 g/mol. The van der Waals surface area contributed by atoms with E-state index in [4.69, 9.17) is 5.11 Å². The molecule has 0 fully saturated rings. The van der Waals surface area contributed by atoms with Gasteiger partial charge in [0, 0.05) is 6.42 Å². The second-order valence-electron chi connectivity index (χ2n) is 2.96. The van der Waals surface area contributed by atoms with E-state index in [0.29, 0.717) is 0 Å². The van der Waals surface area contributed by atoms with Gasteiger partial charge in [0.1, 0.15) is 0 Å². The van der Waals surface area contributed by atoms with Gasteiger partial charge in [0.2, 0.25) is 0 Å². The number of carboxylic acids is 1. The van der Waals surface area contributed by atoms with Crippen LogP contribution >= 0.6 is 0 Å². The van der Waals surface area contributed by atoms with Gasteiger partial charge in [-0.2, -0.15) is 0 Å². The molecule has 1 unspecified atom stereocenters. The topological polar surface area (TPSA) is 37.3 Å². The maximum absolute atomic E-state index is 10.2. The number of aliphatic carboxylic acids is 1. The molecule has 2 heteroatoms. The van der Waals surface area contributed by atoms with Crippen molar-refractivity contribution < 1.29 is 9.90 Å². The molecule has 0 aliphatic carbocycles. The molecule has 0 saturated heterocycles. The summed E-state index contributed by atoms with van der Waals surface area (Å²) in [5, 5.41) is 8.40. The average Bonchev–Trinajstić information content (AvgIpc) is 1.86. The van der Waals surface area contributed by atoms with Gasteiger partial charge < -0.3 is 5.11 Å². The summed E-state index contributed by atoms with van der Waals surface area (Å²) in [5.74, 6) is -0.638. The molecular weight excluding hydrogens is 140 g/mol. The third-order valence-corrected chi connectivity index (χ3v) is 1.68. The number of carboxylic acid groups (broad SMARTS) is 1. The molecular formula is C9H17O2. The second kappa shape index (κ2) is 6.20. The first-order valence-corrected chi connectivity index (χ1v) is 4.21. The van der Waals surface area contributed by atoms with Crippen LogP contribution in [-0.2, 0) is 4.79 Å². The molecule has 0 aromatic carbocycles. The number of rotatable bonds is 6. The van der Waals surface area contributed by atoms with Crippen molar-refractivity contribution in [2.24, 2.45) is 5.92 Å². The molecule has 2 nitrogen and oxygen atoms in total. The summed E-state index contributed by atoms with van der Waals surface area (Å²) in [6.07, 6.45) is 4.63. The van der Waals surface area contributed by atoms with Gasteiger partial charge in [0.15, 0.2) is 0 Å². The smallest absolute Gasteiger partial charge is 0.303 e. The molecule has 0 amide bonds. The molecule has 0 saturated carbocycles. The Hall–Kier alpha value is -0.530. The lowest BCUT2D eigenvalue weighted by Gasteiger charge is -2.06. The zero-order valence-electron chi connectivity index (χ0n) is 7.18. The Morgan fingerprint density at radius 2 is 2.18 bits per heavy atom. The van der Waals surface area contributed by atoms with E-state index in [1.807, 2.05) is 0 Å². The van der Waals surface area contributed by atoms with Gasteiger partial charge in [-0.1, -0.05) is 26.2 Å². The van der Waals surface area contributed by atoms with Crippen molar-refractivity contribution in [3.05, 3.63) is 6.92 Å². The van der Waals surface area contributed by atoms with E-state index in [9.17, 15) is 4.79 Å². The van der Waals surface area contributed by atoms with Crippen LogP contribution in [0.1, 0.15) is 39.0 Å². The van der Waals surface area contributed by atoms with Gasteiger partial charge in [-0.3, -0.25) is 4.79 Å². The summed E-state index contributed by atoms with van der Waals surface area (Å²) in [7, 11) is 0. The SMILES string of the molecule is [CH2]C(CCCCC)CC(=O)O. The van der Waals surface area contributed by atoms with Gasteiger partial charge >= 0.3 is 5.97 Å². The highest BCUT2D eigenvalue weighted by atomic mass is 16.4. The first kappa shape index (κ1) is 10.5. The van der Waals surface area contributed by atoms with Gasteiger partial charge in [-0.05, 0) is 19.3 Å². The van der Waals surface area contributed by atoms with Gasteiger partial charge in [0.05, 0.1) is 0 Å². The number of hydrogen-bond donors (Lipinski definition) is 1. The fourth-order valence-corrected chi connectivity index (χ4v) is 1.03. The van der Waals surface area contributed by atoms with Crippen LogP contribution in [0.5, 0.6) is 0 Å². The fourth-order valence-electron chi connectivity index (χ4n) is 1.03. The maximum Gasteiger partial charge on any atom is 0.303 e. The summed E-state index contributed by atoms with van der Waals surface area (Å²) in [5.41, 5.74) is 0. The fraction of sp³-hybridized carbons (Fsp3) is 0.778. The molecule has 1 radical (unpaired) electrons. The van der Waals surface area contributed by atoms with E-state index >= 15 is 0 Å². The monoisotopic (exact) mass is 157 g/mol. The first-order valence-electron chi connectivity index (χ1n) is 4.21. The van der Waals surface area contributed by atoms with Crippen molar-refractivity contribution in [3.8, 4) is 0 Å². The predicted molar refractivity (Wildman–Crippen MR) is 45.2 cm³/mol. The lowest BCUT2D eigenvalue weighted by Crippen LogP contribution is -2.04. The van der Waals surface area contributed by atoms with E-state index in [0.717, 1.165) is 12.8 Å². The third kappa shape index (κ3) is 7.37. The van der Waals surface area contributed by atoms with Crippen LogP contribution in [0.4, 0.5) is 0 Å². The van der Waals surface area contributed by atoms with E-state index in [2.05, 4.69) is 13.8 Å². The van der Waals surface area contributed by atoms with Gasteiger partial charge in [-0.25, -0.2) is 0 Å². The Morgan fingerprint density at radius 1 is 1.55 bits per heavy atom. The first-order chi connectivity index (χ1) is 5.16. The summed E-state index contributed by atoms with van der Waals surface area (Å²) < 4.78 is 0. The van der Waals surface area contributed by atoms with Gasteiger partial charge in [0.25, 0.3) is 0 Å². The van der Waals surface area contributed by atoms with Crippen LogP contribution in [0, 0.1) is 12.8 Å². The Kier molecular flexibility index (Phi) is 5.90. The zero-order valence-corrected chi connectivity index (χ0v) is 7.18. The molecule has 65 valence electrons. The molecule has 1 atom stereocenters. The maximum atomic E-state index is 10.2. The lowest BCUT2D eigenvalue weighted by molar-refractivity contribution is -0.137. The number of hydrogen-bond acceptors (Lipinski definition) is 1. The van der Waals surface area contributed by atoms with Crippen molar-refractivity contribution >= 4 is 5.97 Å². The van der Waals surface area contributed by atoms with Crippen molar-refractivity contribution in [2.75, 3.05) is 0 Å². The Labute approximate surface area is 68.6 Å². The zero-order chi connectivity index (χ0) is 8.69.